The molecule has 1 aliphatic heterocycles. The number of ketones is 1. The molecule has 1 aliphatic rings. The van der Waals surface area contributed by atoms with Gasteiger partial charge in [-0.25, -0.2) is 4.98 Å². The van der Waals surface area contributed by atoms with E-state index in [-0.39, 0.29) is 23.5 Å². The monoisotopic (exact) mass is 469 g/mol. The number of likely N-dealkylation sites (tertiary alicyclic amines) is 1. The molecular weight excluding hydrogens is 442 g/mol. The fraction of sp³-hybridized carbons (Fsp3) is 0.250. The maximum absolute atomic E-state index is 13.3. The van der Waals surface area contributed by atoms with Gasteiger partial charge < -0.3 is 9.47 Å². The third-order valence-corrected chi connectivity index (χ3v) is 7.50. The Kier molecular flexibility index (Phi) is 6.50. The molecule has 1 aromatic heterocycles. The summed E-state index contributed by atoms with van der Waals surface area (Å²) in [7, 11) is 1.97. The number of benzene rings is 3. The Morgan fingerprint density at radius 2 is 1.71 bits per heavy atom. The van der Waals surface area contributed by atoms with Crippen molar-refractivity contribution in [2.24, 2.45) is 7.05 Å². The second kappa shape index (κ2) is 9.85. The molecule has 6 heteroatoms. The van der Waals surface area contributed by atoms with Crippen LogP contribution in [0.2, 0.25) is 0 Å². The molecule has 0 unspecified atom stereocenters. The standard InChI is InChI=1S/C28H27N3O2S/c1-30-24-15-8-7-14-23(24)29-28(30)34-19-27(33)31-17-9-16-25(31)26(32)18-21-12-5-6-13-22(21)20-10-3-2-4-11-20/h2-8,10-15,25H,9,16-19H2,1H3/t25-/m0/s1. The van der Waals surface area contributed by atoms with Crippen LogP contribution in [0.15, 0.2) is 84.0 Å². The van der Waals surface area contributed by atoms with Gasteiger partial charge in [-0.1, -0.05) is 78.5 Å². The summed E-state index contributed by atoms with van der Waals surface area (Å²) in [6, 6.07) is 25.8. The first-order valence-electron chi connectivity index (χ1n) is 11.6. The third kappa shape index (κ3) is 4.50. The summed E-state index contributed by atoms with van der Waals surface area (Å²) in [6.07, 6.45) is 1.92. The van der Waals surface area contributed by atoms with E-state index in [9.17, 15) is 9.59 Å². The fourth-order valence-corrected chi connectivity index (χ4v) is 5.61. The summed E-state index contributed by atoms with van der Waals surface area (Å²) in [5.74, 6) is 0.396. The molecule has 0 bridgehead atoms. The summed E-state index contributed by atoms with van der Waals surface area (Å²) < 4.78 is 2.01. The second-order valence-electron chi connectivity index (χ2n) is 8.64. The predicted molar refractivity (Wildman–Crippen MR) is 137 cm³/mol. The smallest absolute Gasteiger partial charge is 0.233 e. The third-order valence-electron chi connectivity index (χ3n) is 6.48. The molecule has 1 atom stereocenters. The highest BCUT2D eigenvalue weighted by molar-refractivity contribution is 7.99. The summed E-state index contributed by atoms with van der Waals surface area (Å²) >= 11 is 1.43. The van der Waals surface area contributed by atoms with Crippen LogP contribution >= 0.6 is 11.8 Å². The minimum absolute atomic E-state index is 0.00394. The number of rotatable bonds is 7. The van der Waals surface area contributed by atoms with Gasteiger partial charge in [0.15, 0.2) is 10.9 Å². The zero-order valence-corrected chi connectivity index (χ0v) is 20.0. The van der Waals surface area contributed by atoms with Crippen molar-refractivity contribution in [1.82, 2.24) is 14.5 Å². The second-order valence-corrected chi connectivity index (χ2v) is 9.58. The van der Waals surface area contributed by atoms with Crippen LogP contribution in [-0.4, -0.2) is 44.5 Å². The molecule has 5 nitrogen and oxygen atoms in total. The van der Waals surface area contributed by atoms with E-state index in [2.05, 4.69) is 23.2 Å². The number of aryl methyl sites for hydroxylation is 1. The van der Waals surface area contributed by atoms with Gasteiger partial charge >= 0.3 is 0 Å². The number of nitrogens with zero attached hydrogens (tertiary/aromatic N) is 3. The van der Waals surface area contributed by atoms with Gasteiger partial charge in [0.2, 0.25) is 5.91 Å². The molecule has 1 fully saturated rings. The quantitative estimate of drug-likeness (QED) is 0.352. The van der Waals surface area contributed by atoms with Crippen LogP contribution in [0.25, 0.3) is 22.2 Å². The number of hydrogen-bond acceptors (Lipinski definition) is 4. The molecule has 0 radical (unpaired) electrons. The van der Waals surface area contributed by atoms with Gasteiger partial charge in [-0.15, -0.1) is 0 Å². The molecule has 0 saturated carbocycles. The summed E-state index contributed by atoms with van der Waals surface area (Å²) in [5, 5.41) is 0.813. The van der Waals surface area contributed by atoms with Crippen molar-refractivity contribution in [3.05, 3.63) is 84.4 Å². The van der Waals surface area contributed by atoms with E-state index in [1.54, 1.807) is 4.90 Å². The summed E-state index contributed by atoms with van der Waals surface area (Å²) in [5.41, 5.74) is 5.15. The van der Waals surface area contributed by atoms with Gasteiger partial charge in [0, 0.05) is 20.0 Å². The van der Waals surface area contributed by atoms with Crippen molar-refractivity contribution in [2.75, 3.05) is 12.3 Å². The molecule has 2 heterocycles. The minimum atomic E-state index is -0.350. The Hall–Kier alpha value is -3.38. The molecule has 5 rings (SSSR count). The highest BCUT2D eigenvalue weighted by Gasteiger charge is 2.34. The van der Waals surface area contributed by atoms with Crippen LogP contribution in [0.3, 0.4) is 0 Å². The van der Waals surface area contributed by atoms with Gasteiger partial charge in [0.05, 0.1) is 22.8 Å². The number of fused-ring (bicyclic) bond motifs is 1. The van der Waals surface area contributed by atoms with Crippen LogP contribution in [-0.2, 0) is 23.1 Å². The number of hydrogen-bond donors (Lipinski definition) is 0. The molecule has 0 N–H and O–H groups in total. The average Bonchev–Trinajstić information content (AvgIpc) is 3.49. The maximum atomic E-state index is 13.3. The largest absolute Gasteiger partial charge is 0.332 e. The van der Waals surface area contributed by atoms with Crippen LogP contribution in [0.4, 0.5) is 0 Å². The highest BCUT2D eigenvalue weighted by atomic mass is 32.2. The van der Waals surface area contributed by atoms with Crippen molar-refractivity contribution < 1.29 is 9.59 Å². The fourth-order valence-electron chi connectivity index (χ4n) is 4.74. The zero-order chi connectivity index (χ0) is 23.5. The summed E-state index contributed by atoms with van der Waals surface area (Å²) in [4.78, 5) is 32.9. The number of Topliss-reactive ketones (excluding diaryl/α,β-unsaturated/α-hetero) is 1. The highest BCUT2D eigenvalue weighted by Crippen LogP contribution is 2.28. The van der Waals surface area contributed by atoms with Crippen LogP contribution < -0.4 is 0 Å². The van der Waals surface area contributed by atoms with Gasteiger partial charge in [0.1, 0.15) is 0 Å². The van der Waals surface area contributed by atoms with Crippen LogP contribution in [0, 0.1) is 0 Å². The SMILES string of the molecule is Cn1c(SCC(=O)N2CCC[C@H]2C(=O)Cc2ccccc2-c2ccccc2)nc2ccccc21. The van der Waals surface area contributed by atoms with Crippen molar-refractivity contribution in [2.45, 2.75) is 30.5 Å². The first-order chi connectivity index (χ1) is 16.6. The lowest BCUT2D eigenvalue weighted by atomic mass is 9.94. The topological polar surface area (TPSA) is 55.2 Å². The number of thioether (sulfide) groups is 1. The Labute approximate surface area is 203 Å². The molecule has 172 valence electrons. The van der Waals surface area contributed by atoms with Crippen molar-refractivity contribution in [3.8, 4) is 11.1 Å². The number of imidazole rings is 1. The van der Waals surface area contributed by atoms with E-state index in [4.69, 9.17) is 0 Å². The Morgan fingerprint density at radius 1 is 0.971 bits per heavy atom. The van der Waals surface area contributed by atoms with E-state index in [0.717, 1.165) is 45.7 Å². The zero-order valence-electron chi connectivity index (χ0n) is 19.2. The van der Waals surface area contributed by atoms with Crippen molar-refractivity contribution in [3.63, 3.8) is 0 Å². The Bertz CT molecular complexity index is 1330. The number of carbonyl (C=O) groups excluding carboxylic acids is 2. The number of para-hydroxylation sites is 2. The molecule has 0 spiro atoms. The first kappa shape index (κ1) is 22.4. The Morgan fingerprint density at radius 3 is 2.53 bits per heavy atom. The van der Waals surface area contributed by atoms with Gasteiger partial charge in [0.25, 0.3) is 0 Å². The number of amides is 1. The predicted octanol–water partition coefficient (Wildman–Crippen LogP) is 5.14. The molecule has 1 amide bonds. The lowest BCUT2D eigenvalue weighted by Crippen LogP contribution is -2.42. The van der Waals surface area contributed by atoms with E-state index in [0.29, 0.717) is 13.0 Å². The van der Waals surface area contributed by atoms with Gasteiger partial charge in [-0.05, 0) is 41.7 Å². The molecule has 1 saturated heterocycles. The van der Waals surface area contributed by atoms with Crippen LogP contribution in [0.1, 0.15) is 18.4 Å². The molecule has 34 heavy (non-hydrogen) atoms. The first-order valence-corrected chi connectivity index (χ1v) is 12.6. The van der Waals surface area contributed by atoms with Gasteiger partial charge in [-0.2, -0.15) is 0 Å². The normalized spacial score (nSPS) is 15.7. The lowest BCUT2D eigenvalue weighted by Gasteiger charge is -2.24. The van der Waals surface area contributed by atoms with Crippen molar-refractivity contribution >= 4 is 34.5 Å². The van der Waals surface area contributed by atoms with Crippen LogP contribution in [0.5, 0.6) is 0 Å². The van der Waals surface area contributed by atoms with Gasteiger partial charge in [-0.3, -0.25) is 9.59 Å². The molecular formula is C28H27N3O2S. The minimum Gasteiger partial charge on any atom is -0.332 e. The lowest BCUT2D eigenvalue weighted by molar-refractivity contribution is -0.135. The molecule has 0 aliphatic carbocycles. The molecule has 4 aromatic rings. The Balaban J connectivity index is 1.27. The number of carbonyl (C=O) groups is 2. The van der Waals surface area contributed by atoms with E-state index >= 15 is 0 Å². The molecule has 3 aromatic carbocycles. The summed E-state index contributed by atoms with van der Waals surface area (Å²) in [6.45, 7) is 0.638. The van der Waals surface area contributed by atoms with E-state index in [1.807, 2.05) is 72.3 Å². The average molecular weight is 470 g/mol. The van der Waals surface area contributed by atoms with E-state index < -0.39 is 0 Å². The maximum Gasteiger partial charge on any atom is 0.233 e. The van der Waals surface area contributed by atoms with Crippen molar-refractivity contribution in [1.29, 1.82) is 0 Å². The number of aromatic nitrogens is 2. The van der Waals surface area contributed by atoms with E-state index in [1.165, 1.54) is 11.8 Å².